The van der Waals surface area contributed by atoms with Gasteiger partial charge in [0, 0.05) is 24.6 Å². The predicted molar refractivity (Wildman–Crippen MR) is 77.1 cm³/mol. The second-order valence-corrected chi connectivity index (χ2v) is 6.76. The number of carbonyl (C=O) groups is 1. The third-order valence-electron chi connectivity index (χ3n) is 3.68. The molecule has 5 heteroatoms. The molecule has 1 N–H and O–H groups in total. The van der Waals surface area contributed by atoms with Crippen LogP contribution >= 0.6 is 23.1 Å². The lowest BCUT2D eigenvalue weighted by Crippen LogP contribution is -2.50. The van der Waals surface area contributed by atoms with Crippen molar-refractivity contribution < 1.29 is 4.79 Å². The quantitative estimate of drug-likeness (QED) is 0.902. The number of thiophene rings is 1. The van der Waals surface area contributed by atoms with Crippen molar-refractivity contribution in [3.8, 4) is 0 Å². The van der Waals surface area contributed by atoms with E-state index in [1.165, 1.54) is 5.56 Å². The first kappa shape index (κ1) is 12.5. The zero-order valence-electron chi connectivity index (χ0n) is 10.3. The number of carbonyl (C=O) groups excluding carboxylic acids is 1. The van der Waals surface area contributed by atoms with Crippen LogP contribution in [0, 0.1) is 0 Å². The molecule has 2 saturated heterocycles. The van der Waals surface area contributed by atoms with Gasteiger partial charge in [0.05, 0.1) is 12.1 Å². The van der Waals surface area contributed by atoms with Crippen molar-refractivity contribution >= 4 is 29.0 Å². The smallest absolute Gasteiger partial charge is 0.241 e. The van der Waals surface area contributed by atoms with Crippen LogP contribution in [-0.2, 0) is 4.79 Å². The van der Waals surface area contributed by atoms with E-state index < -0.39 is 0 Å². The van der Waals surface area contributed by atoms with Crippen LogP contribution in [-0.4, -0.2) is 41.4 Å². The molecule has 0 spiro atoms. The van der Waals surface area contributed by atoms with E-state index in [0.29, 0.717) is 11.9 Å². The monoisotopic (exact) mass is 282 g/mol. The number of likely N-dealkylation sites (tertiary alicyclic amines) is 1. The van der Waals surface area contributed by atoms with Crippen LogP contribution in [0.25, 0.3) is 0 Å². The van der Waals surface area contributed by atoms with Crippen LogP contribution < -0.4 is 5.32 Å². The maximum absolute atomic E-state index is 12.6. The van der Waals surface area contributed by atoms with Gasteiger partial charge in [-0.2, -0.15) is 23.1 Å². The fraction of sp³-hybridized carbons (Fsp3) is 0.615. The molecule has 1 amide bonds. The highest BCUT2D eigenvalue weighted by atomic mass is 32.2. The van der Waals surface area contributed by atoms with Crippen LogP contribution in [0.15, 0.2) is 16.8 Å². The Hall–Kier alpha value is -0.520. The van der Waals surface area contributed by atoms with E-state index in [-0.39, 0.29) is 6.04 Å². The van der Waals surface area contributed by atoms with Crippen molar-refractivity contribution in [2.45, 2.75) is 24.9 Å². The van der Waals surface area contributed by atoms with E-state index >= 15 is 0 Å². The Morgan fingerprint density at radius 3 is 3.17 bits per heavy atom. The average Bonchev–Trinajstić information content (AvgIpc) is 3.09. The molecule has 0 bridgehead atoms. The molecule has 2 aliphatic rings. The highest BCUT2D eigenvalue weighted by Crippen LogP contribution is 2.33. The van der Waals surface area contributed by atoms with Gasteiger partial charge in [0.25, 0.3) is 0 Å². The summed E-state index contributed by atoms with van der Waals surface area (Å²) < 4.78 is 0. The normalized spacial score (nSPS) is 28.6. The molecule has 0 aromatic carbocycles. The number of rotatable bonds is 2. The molecular formula is C13H18N2OS2. The lowest BCUT2D eigenvalue weighted by atomic mass is 10.1. The number of nitrogens with one attached hydrogen (secondary N) is 1. The molecule has 3 nitrogen and oxygen atoms in total. The molecule has 0 radical (unpaired) electrons. The first-order valence-corrected chi connectivity index (χ1v) is 8.60. The Balaban J connectivity index is 1.72. The molecule has 1 aromatic rings. The van der Waals surface area contributed by atoms with E-state index in [1.54, 1.807) is 11.3 Å². The van der Waals surface area contributed by atoms with Crippen molar-refractivity contribution in [1.29, 1.82) is 0 Å². The van der Waals surface area contributed by atoms with Crippen LogP contribution in [0.5, 0.6) is 0 Å². The van der Waals surface area contributed by atoms with Gasteiger partial charge in [-0.25, -0.2) is 0 Å². The largest absolute Gasteiger partial charge is 0.334 e. The van der Waals surface area contributed by atoms with Crippen LogP contribution in [0.2, 0.25) is 0 Å². The minimum absolute atomic E-state index is 0.0305. The Labute approximate surface area is 116 Å². The topological polar surface area (TPSA) is 32.3 Å². The molecule has 98 valence electrons. The second-order valence-electron chi connectivity index (χ2n) is 4.83. The average molecular weight is 282 g/mol. The molecular weight excluding hydrogens is 264 g/mol. The third-order valence-corrected chi connectivity index (χ3v) is 5.45. The molecule has 3 rings (SSSR count). The first-order valence-electron chi connectivity index (χ1n) is 6.50. The maximum Gasteiger partial charge on any atom is 0.241 e. The van der Waals surface area contributed by atoms with Gasteiger partial charge in [0.15, 0.2) is 0 Å². The zero-order chi connectivity index (χ0) is 12.4. The lowest BCUT2D eigenvalue weighted by molar-refractivity contribution is -0.133. The summed E-state index contributed by atoms with van der Waals surface area (Å²) in [6, 6.07) is 2.50. The van der Waals surface area contributed by atoms with Crippen molar-refractivity contribution in [2.75, 3.05) is 24.6 Å². The minimum Gasteiger partial charge on any atom is -0.334 e. The molecule has 2 unspecified atom stereocenters. The summed E-state index contributed by atoms with van der Waals surface area (Å²) in [5, 5.41) is 7.63. The van der Waals surface area contributed by atoms with E-state index in [0.717, 1.165) is 37.4 Å². The summed E-state index contributed by atoms with van der Waals surface area (Å²) in [5.74, 6) is 2.35. The Morgan fingerprint density at radius 1 is 1.50 bits per heavy atom. The number of amides is 1. The molecule has 2 fully saturated rings. The zero-order valence-corrected chi connectivity index (χ0v) is 11.9. The molecule has 18 heavy (non-hydrogen) atoms. The van der Waals surface area contributed by atoms with E-state index in [4.69, 9.17) is 0 Å². The van der Waals surface area contributed by atoms with Gasteiger partial charge < -0.3 is 10.2 Å². The summed E-state index contributed by atoms with van der Waals surface area (Å²) in [4.78, 5) is 14.6. The predicted octanol–water partition coefficient (Wildman–Crippen LogP) is 2.12. The van der Waals surface area contributed by atoms with Crippen molar-refractivity contribution in [3.05, 3.63) is 22.4 Å². The standard InChI is InChI=1S/C13H18N2OS2/c16-13(11-9-18-7-4-14-11)15-5-1-2-12(15)10-3-6-17-8-10/h3,6,8,11-12,14H,1-2,4-5,7,9H2. The molecule has 2 atom stereocenters. The minimum atomic E-state index is 0.0305. The second kappa shape index (κ2) is 5.63. The summed E-state index contributed by atoms with van der Waals surface area (Å²) in [5.41, 5.74) is 1.31. The van der Waals surface area contributed by atoms with Crippen LogP contribution in [0.4, 0.5) is 0 Å². The van der Waals surface area contributed by atoms with Gasteiger partial charge in [-0.3, -0.25) is 4.79 Å². The van der Waals surface area contributed by atoms with Gasteiger partial charge in [0.2, 0.25) is 5.91 Å². The Morgan fingerprint density at radius 2 is 2.44 bits per heavy atom. The summed E-state index contributed by atoms with van der Waals surface area (Å²) in [7, 11) is 0. The van der Waals surface area contributed by atoms with E-state index in [1.807, 2.05) is 11.8 Å². The Kier molecular flexibility index (Phi) is 3.91. The molecule has 3 heterocycles. The van der Waals surface area contributed by atoms with Crippen molar-refractivity contribution in [3.63, 3.8) is 0 Å². The SMILES string of the molecule is O=C(C1CSCCN1)N1CCCC1c1ccsc1. The fourth-order valence-electron chi connectivity index (χ4n) is 2.77. The summed E-state index contributed by atoms with van der Waals surface area (Å²) in [6.07, 6.45) is 2.24. The lowest BCUT2D eigenvalue weighted by Gasteiger charge is -2.30. The van der Waals surface area contributed by atoms with Crippen molar-refractivity contribution in [1.82, 2.24) is 10.2 Å². The molecule has 0 aliphatic carbocycles. The van der Waals surface area contributed by atoms with E-state index in [2.05, 4.69) is 27.0 Å². The highest BCUT2D eigenvalue weighted by molar-refractivity contribution is 7.99. The molecule has 1 aromatic heterocycles. The third kappa shape index (κ3) is 2.44. The van der Waals surface area contributed by atoms with Crippen LogP contribution in [0.3, 0.4) is 0 Å². The number of nitrogens with zero attached hydrogens (tertiary/aromatic N) is 1. The summed E-state index contributed by atoms with van der Waals surface area (Å²) in [6.45, 7) is 1.88. The highest BCUT2D eigenvalue weighted by Gasteiger charge is 2.34. The fourth-order valence-corrected chi connectivity index (χ4v) is 4.40. The van der Waals surface area contributed by atoms with E-state index in [9.17, 15) is 4.79 Å². The van der Waals surface area contributed by atoms with Crippen LogP contribution in [0.1, 0.15) is 24.4 Å². The number of hydrogen-bond donors (Lipinski definition) is 1. The summed E-state index contributed by atoms with van der Waals surface area (Å²) >= 11 is 3.60. The van der Waals surface area contributed by atoms with Gasteiger partial charge >= 0.3 is 0 Å². The van der Waals surface area contributed by atoms with Gasteiger partial charge in [-0.15, -0.1) is 0 Å². The maximum atomic E-state index is 12.6. The van der Waals surface area contributed by atoms with Gasteiger partial charge in [0.1, 0.15) is 0 Å². The first-order chi connectivity index (χ1) is 8.86. The number of hydrogen-bond acceptors (Lipinski definition) is 4. The van der Waals surface area contributed by atoms with Gasteiger partial charge in [-0.1, -0.05) is 0 Å². The number of thioether (sulfide) groups is 1. The van der Waals surface area contributed by atoms with Gasteiger partial charge in [-0.05, 0) is 35.2 Å². The molecule has 0 saturated carbocycles. The molecule has 2 aliphatic heterocycles. The van der Waals surface area contributed by atoms with Crippen molar-refractivity contribution in [2.24, 2.45) is 0 Å². The Bertz CT molecular complexity index is 401.